The first-order chi connectivity index (χ1) is 8.42. The van der Waals surface area contributed by atoms with Crippen molar-refractivity contribution < 1.29 is 13.5 Å². The van der Waals surface area contributed by atoms with Crippen LogP contribution in [0, 0.1) is 0 Å². The van der Waals surface area contributed by atoms with E-state index >= 15 is 0 Å². The molecule has 0 saturated heterocycles. The van der Waals surface area contributed by atoms with Gasteiger partial charge in [-0.3, -0.25) is 0 Å². The summed E-state index contributed by atoms with van der Waals surface area (Å²) in [4.78, 5) is 0.303. The first-order valence-electron chi connectivity index (χ1n) is 6.16. The molecule has 1 aromatic carbocycles. The molecule has 0 bridgehead atoms. The molecule has 18 heavy (non-hydrogen) atoms. The van der Waals surface area contributed by atoms with Crippen molar-refractivity contribution in [1.82, 2.24) is 5.32 Å². The molecule has 5 heteroatoms. The van der Waals surface area contributed by atoms with Crippen LogP contribution in [0.25, 0.3) is 0 Å². The number of likely N-dealkylation sites (N-methyl/N-ethyl adjacent to an activating group) is 1. The van der Waals surface area contributed by atoms with Crippen LogP contribution < -0.4 is 5.32 Å². The van der Waals surface area contributed by atoms with Crippen molar-refractivity contribution in [2.45, 2.75) is 37.8 Å². The van der Waals surface area contributed by atoms with Crippen LogP contribution in [0.1, 0.15) is 32.4 Å². The maximum absolute atomic E-state index is 11.6. The predicted octanol–water partition coefficient (Wildman–Crippen LogP) is 1.51. The highest BCUT2D eigenvalue weighted by Gasteiger charge is 2.17. The van der Waals surface area contributed by atoms with Gasteiger partial charge in [0.05, 0.1) is 16.8 Å². The Hall–Kier alpha value is -0.910. The third kappa shape index (κ3) is 3.54. The minimum Gasteiger partial charge on any atom is -0.387 e. The molecule has 0 radical (unpaired) electrons. The van der Waals surface area contributed by atoms with E-state index in [4.69, 9.17) is 0 Å². The number of rotatable bonds is 6. The van der Waals surface area contributed by atoms with Gasteiger partial charge in [-0.25, -0.2) is 8.42 Å². The van der Waals surface area contributed by atoms with Crippen LogP contribution >= 0.6 is 0 Å². The Morgan fingerprint density at radius 2 is 1.78 bits per heavy atom. The summed E-state index contributed by atoms with van der Waals surface area (Å²) >= 11 is 0. The molecular weight excluding hydrogens is 250 g/mol. The van der Waals surface area contributed by atoms with Crippen molar-refractivity contribution in [3.63, 3.8) is 0 Å². The number of hydrogen-bond acceptors (Lipinski definition) is 4. The molecule has 0 aliphatic rings. The summed E-state index contributed by atoms with van der Waals surface area (Å²) < 4.78 is 23.3. The minimum absolute atomic E-state index is 0.0661. The van der Waals surface area contributed by atoms with Crippen molar-refractivity contribution >= 4 is 9.84 Å². The number of aliphatic hydroxyl groups excluding tert-OH is 1. The summed E-state index contributed by atoms with van der Waals surface area (Å²) in [6, 6.07) is 6.37. The average Bonchev–Trinajstić information content (AvgIpc) is 2.38. The lowest BCUT2D eigenvalue weighted by molar-refractivity contribution is 0.137. The maximum atomic E-state index is 11.6. The SMILES string of the molecule is CCNC(C)C(O)c1ccc(S(=O)(=O)CC)cc1. The standard InChI is InChI=1S/C13H21NO3S/c1-4-14-10(3)13(15)11-6-8-12(9-7-11)18(16,17)5-2/h6-10,13-15H,4-5H2,1-3H3. The van der Waals surface area contributed by atoms with E-state index in [9.17, 15) is 13.5 Å². The van der Waals surface area contributed by atoms with E-state index < -0.39 is 15.9 Å². The molecule has 102 valence electrons. The van der Waals surface area contributed by atoms with Crippen LogP contribution in [0.5, 0.6) is 0 Å². The lowest BCUT2D eigenvalue weighted by atomic mass is 10.0. The van der Waals surface area contributed by atoms with Crippen LogP contribution in [0.3, 0.4) is 0 Å². The van der Waals surface area contributed by atoms with E-state index in [1.165, 1.54) is 0 Å². The number of aliphatic hydroxyl groups is 1. The summed E-state index contributed by atoms with van der Waals surface area (Å²) in [5.41, 5.74) is 0.721. The zero-order chi connectivity index (χ0) is 13.8. The van der Waals surface area contributed by atoms with Gasteiger partial charge in [0.2, 0.25) is 0 Å². The largest absolute Gasteiger partial charge is 0.387 e. The molecule has 2 atom stereocenters. The highest BCUT2D eigenvalue weighted by Crippen LogP contribution is 2.19. The monoisotopic (exact) mass is 271 g/mol. The van der Waals surface area contributed by atoms with Crippen molar-refractivity contribution in [1.29, 1.82) is 0 Å². The molecule has 0 aliphatic heterocycles. The molecule has 0 spiro atoms. The number of benzene rings is 1. The highest BCUT2D eigenvalue weighted by atomic mass is 32.2. The summed E-state index contributed by atoms with van der Waals surface area (Å²) in [6.07, 6.45) is -0.636. The Morgan fingerprint density at radius 1 is 1.22 bits per heavy atom. The van der Waals surface area contributed by atoms with Crippen molar-refractivity contribution in [3.05, 3.63) is 29.8 Å². The van der Waals surface area contributed by atoms with Crippen LogP contribution in [-0.2, 0) is 9.84 Å². The summed E-state index contributed by atoms with van der Waals surface area (Å²) in [6.45, 7) is 6.26. The second kappa shape index (κ2) is 6.31. The molecule has 0 aromatic heterocycles. The predicted molar refractivity (Wildman–Crippen MR) is 72.3 cm³/mol. The fraction of sp³-hybridized carbons (Fsp3) is 0.538. The minimum atomic E-state index is -3.17. The smallest absolute Gasteiger partial charge is 0.178 e. The van der Waals surface area contributed by atoms with E-state index in [1.54, 1.807) is 31.2 Å². The maximum Gasteiger partial charge on any atom is 0.178 e. The lowest BCUT2D eigenvalue weighted by Gasteiger charge is -2.20. The quantitative estimate of drug-likeness (QED) is 0.823. The van der Waals surface area contributed by atoms with Gasteiger partial charge in [0.1, 0.15) is 0 Å². The van der Waals surface area contributed by atoms with Gasteiger partial charge in [-0.2, -0.15) is 0 Å². The van der Waals surface area contributed by atoms with Gasteiger partial charge in [-0.15, -0.1) is 0 Å². The van der Waals surface area contributed by atoms with Gasteiger partial charge < -0.3 is 10.4 Å². The van der Waals surface area contributed by atoms with E-state index in [1.807, 2.05) is 13.8 Å². The molecule has 2 unspecified atom stereocenters. The van der Waals surface area contributed by atoms with Crippen LogP contribution in [0.2, 0.25) is 0 Å². The molecule has 2 N–H and O–H groups in total. The second-order valence-electron chi connectivity index (χ2n) is 4.26. The van der Waals surface area contributed by atoms with Gasteiger partial charge in [0.25, 0.3) is 0 Å². The first-order valence-corrected chi connectivity index (χ1v) is 7.81. The molecule has 0 amide bonds. The van der Waals surface area contributed by atoms with Crippen molar-refractivity contribution in [3.8, 4) is 0 Å². The second-order valence-corrected chi connectivity index (χ2v) is 6.54. The molecular formula is C13H21NO3S. The van der Waals surface area contributed by atoms with E-state index in [0.717, 1.165) is 12.1 Å². The summed E-state index contributed by atoms with van der Waals surface area (Å²) in [5, 5.41) is 13.2. The van der Waals surface area contributed by atoms with Gasteiger partial charge in [0.15, 0.2) is 9.84 Å². The normalized spacial score (nSPS) is 15.3. The average molecular weight is 271 g/mol. The number of sulfone groups is 1. The van der Waals surface area contributed by atoms with Gasteiger partial charge in [-0.1, -0.05) is 26.0 Å². The van der Waals surface area contributed by atoms with Crippen LogP contribution in [0.4, 0.5) is 0 Å². The molecule has 0 heterocycles. The Morgan fingerprint density at radius 3 is 2.22 bits per heavy atom. The molecule has 0 fully saturated rings. The Balaban J connectivity index is 2.89. The third-order valence-electron chi connectivity index (χ3n) is 2.96. The number of nitrogens with one attached hydrogen (secondary N) is 1. The van der Waals surface area contributed by atoms with Crippen molar-refractivity contribution in [2.24, 2.45) is 0 Å². The van der Waals surface area contributed by atoms with Crippen LogP contribution in [-0.4, -0.2) is 31.9 Å². The summed E-state index contributed by atoms with van der Waals surface area (Å²) in [5.74, 6) is 0.0860. The Bertz CT molecular complexity index is 468. The molecule has 1 rings (SSSR count). The fourth-order valence-corrected chi connectivity index (χ4v) is 2.65. The Labute approximate surface area is 109 Å². The van der Waals surface area contributed by atoms with E-state index in [0.29, 0.717) is 4.90 Å². The zero-order valence-corrected chi connectivity index (χ0v) is 11.9. The first kappa shape index (κ1) is 15.1. The fourth-order valence-electron chi connectivity index (χ4n) is 1.76. The molecule has 0 aliphatic carbocycles. The van der Waals surface area contributed by atoms with Crippen molar-refractivity contribution in [2.75, 3.05) is 12.3 Å². The van der Waals surface area contributed by atoms with E-state index in [2.05, 4.69) is 5.32 Å². The Kier molecular flexibility index (Phi) is 5.31. The van der Waals surface area contributed by atoms with Gasteiger partial charge >= 0.3 is 0 Å². The van der Waals surface area contributed by atoms with Gasteiger partial charge in [-0.05, 0) is 31.2 Å². The third-order valence-corrected chi connectivity index (χ3v) is 4.71. The molecule has 0 saturated carbocycles. The van der Waals surface area contributed by atoms with E-state index in [-0.39, 0.29) is 11.8 Å². The summed E-state index contributed by atoms with van der Waals surface area (Å²) in [7, 11) is -3.17. The molecule has 4 nitrogen and oxygen atoms in total. The highest BCUT2D eigenvalue weighted by molar-refractivity contribution is 7.91. The number of hydrogen-bond donors (Lipinski definition) is 2. The molecule has 1 aromatic rings. The van der Waals surface area contributed by atoms with Gasteiger partial charge in [0, 0.05) is 6.04 Å². The van der Waals surface area contributed by atoms with Crippen LogP contribution in [0.15, 0.2) is 29.2 Å². The lowest BCUT2D eigenvalue weighted by Crippen LogP contribution is -2.31. The zero-order valence-electron chi connectivity index (χ0n) is 11.1. The topological polar surface area (TPSA) is 66.4 Å².